The van der Waals surface area contributed by atoms with Crippen LogP contribution in [-0.2, 0) is 9.84 Å². The van der Waals surface area contributed by atoms with Crippen molar-refractivity contribution in [1.82, 2.24) is 4.98 Å². The van der Waals surface area contributed by atoms with Gasteiger partial charge < -0.3 is 9.94 Å². The molecule has 1 aliphatic rings. The summed E-state index contributed by atoms with van der Waals surface area (Å²) in [7, 11) is -3.36. The molecule has 28 heavy (non-hydrogen) atoms. The molecule has 0 unspecified atom stereocenters. The summed E-state index contributed by atoms with van der Waals surface area (Å²) < 4.78 is 31.9. The number of H-pyrrole nitrogens is 1. The third kappa shape index (κ3) is 3.24. The fourth-order valence-electron chi connectivity index (χ4n) is 3.31. The highest BCUT2D eigenvalue weighted by molar-refractivity contribution is 7.91. The van der Waals surface area contributed by atoms with E-state index < -0.39 is 9.84 Å². The van der Waals surface area contributed by atoms with E-state index >= 15 is 0 Å². The summed E-state index contributed by atoms with van der Waals surface area (Å²) in [4.78, 5) is 3.23. The van der Waals surface area contributed by atoms with Crippen LogP contribution in [0.15, 0.2) is 41.4 Å². The number of fused-ring (bicyclic) bond motifs is 1. The second kappa shape index (κ2) is 6.51. The Morgan fingerprint density at radius 1 is 1.21 bits per heavy atom. The zero-order valence-electron chi connectivity index (χ0n) is 16.3. The van der Waals surface area contributed by atoms with Gasteiger partial charge in [0.25, 0.3) is 5.65 Å². The first-order valence-corrected chi connectivity index (χ1v) is 11.1. The topological polar surface area (TPSA) is 86.1 Å². The minimum Gasteiger partial charge on any atom is -0.710 e. The molecule has 7 heteroatoms. The molecule has 1 saturated carbocycles. The third-order valence-electron chi connectivity index (χ3n) is 5.55. The summed E-state index contributed by atoms with van der Waals surface area (Å²) in [5.41, 5.74) is 2.63. The smallest absolute Gasteiger partial charge is 0.290 e. The van der Waals surface area contributed by atoms with Crippen molar-refractivity contribution in [3.05, 3.63) is 47.4 Å². The van der Waals surface area contributed by atoms with Crippen molar-refractivity contribution in [3.8, 4) is 16.9 Å². The van der Waals surface area contributed by atoms with Gasteiger partial charge in [-0.1, -0.05) is 13.8 Å². The largest absolute Gasteiger partial charge is 0.710 e. The molecular weight excluding hydrogens is 376 g/mol. The van der Waals surface area contributed by atoms with Crippen LogP contribution in [0.1, 0.15) is 32.4 Å². The van der Waals surface area contributed by atoms with Crippen LogP contribution in [-0.4, -0.2) is 25.8 Å². The van der Waals surface area contributed by atoms with Crippen LogP contribution in [0.3, 0.4) is 0 Å². The SMILES string of the molecule is CCS(=O)(=O)c1ccc(OCC2(C)CC2)c(-c2cc(C)[n+]([O-])c3[nH]ccc23)c1. The lowest BCUT2D eigenvalue weighted by atomic mass is 10.0. The molecule has 1 N–H and O–H groups in total. The standard InChI is InChI=1S/C21H24N2O4S/c1-4-28(25,26)15-5-6-19(27-13-21(3)8-9-21)18(12-15)17-11-14(2)23(24)20-16(17)7-10-22-20/h5-7,10-12,22H,4,8-9,13H2,1-3H3. The number of pyridine rings is 1. The number of ether oxygens (including phenoxy) is 1. The van der Waals surface area contributed by atoms with Gasteiger partial charge in [-0.05, 0) is 50.1 Å². The lowest BCUT2D eigenvalue weighted by Gasteiger charge is -2.17. The molecule has 3 aromatic rings. The van der Waals surface area contributed by atoms with Crippen molar-refractivity contribution in [3.63, 3.8) is 0 Å². The average molecular weight is 401 g/mol. The van der Waals surface area contributed by atoms with Crippen LogP contribution in [0, 0.1) is 17.5 Å². The van der Waals surface area contributed by atoms with E-state index in [1.807, 2.05) is 6.07 Å². The number of aryl methyl sites for hydroxylation is 1. The van der Waals surface area contributed by atoms with Crippen molar-refractivity contribution in [1.29, 1.82) is 0 Å². The number of nitrogens with zero attached hydrogens (tertiary/aromatic N) is 1. The highest BCUT2D eigenvalue weighted by Crippen LogP contribution is 2.46. The first kappa shape index (κ1) is 18.8. The van der Waals surface area contributed by atoms with Gasteiger partial charge in [0, 0.05) is 16.5 Å². The first-order chi connectivity index (χ1) is 13.2. The summed E-state index contributed by atoms with van der Waals surface area (Å²) in [5.74, 6) is 0.660. The van der Waals surface area contributed by atoms with Gasteiger partial charge in [-0.2, -0.15) is 0 Å². The fraction of sp³-hybridized carbons (Fsp3) is 0.381. The molecule has 0 spiro atoms. The van der Waals surface area contributed by atoms with Gasteiger partial charge in [0.2, 0.25) is 0 Å². The van der Waals surface area contributed by atoms with Gasteiger partial charge in [-0.3, -0.25) is 0 Å². The van der Waals surface area contributed by atoms with Crippen molar-refractivity contribution < 1.29 is 17.9 Å². The Labute approximate surface area is 164 Å². The van der Waals surface area contributed by atoms with Crippen LogP contribution in [0.5, 0.6) is 5.75 Å². The van der Waals surface area contributed by atoms with Crippen LogP contribution in [0.25, 0.3) is 22.2 Å². The molecule has 0 bridgehead atoms. The molecule has 1 fully saturated rings. The number of hydrogen-bond donors (Lipinski definition) is 1. The second-order valence-electron chi connectivity index (χ2n) is 7.89. The summed E-state index contributed by atoms with van der Waals surface area (Å²) >= 11 is 0. The molecular formula is C21H24N2O4S. The Kier molecular flexibility index (Phi) is 4.38. The second-order valence-corrected chi connectivity index (χ2v) is 10.2. The summed E-state index contributed by atoms with van der Waals surface area (Å²) in [5, 5.41) is 13.1. The predicted octanol–water partition coefficient (Wildman–Crippen LogP) is 3.75. The molecule has 0 saturated heterocycles. The number of aromatic amines is 1. The van der Waals surface area contributed by atoms with E-state index in [9.17, 15) is 13.6 Å². The molecule has 2 heterocycles. The van der Waals surface area contributed by atoms with E-state index in [4.69, 9.17) is 4.74 Å². The summed E-state index contributed by atoms with van der Waals surface area (Å²) in [6.45, 7) is 6.13. The van der Waals surface area contributed by atoms with Crippen molar-refractivity contribution in [2.24, 2.45) is 5.41 Å². The zero-order valence-corrected chi connectivity index (χ0v) is 17.1. The van der Waals surface area contributed by atoms with Crippen molar-refractivity contribution >= 4 is 20.9 Å². The molecule has 0 amide bonds. The summed E-state index contributed by atoms with van der Waals surface area (Å²) in [6.07, 6.45) is 3.97. The third-order valence-corrected chi connectivity index (χ3v) is 7.28. The Hall–Kier alpha value is -2.54. The number of sulfone groups is 1. The van der Waals surface area contributed by atoms with E-state index in [-0.39, 0.29) is 16.1 Å². The number of nitrogens with one attached hydrogen (secondary N) is 1. The number of benzene rings is 1. The molecule has 0 atom stereocenters. The number of aromatic nitrogens is 2. The average Bonchev–Trinajstić information content (AvgIpc) is 3.21. The van der Waals surface area contributed by atoms with Crippen molar-refractivity contribution in [2.45, 2.75) is 38.5 Å². The Morgan fingerprint density at radius 2 is 1.96 bits per heavy atom. The highest BCUT2D eigenvalue weighted by Gasteiger charge is 2.38. The monoisotopic (exact) mass is 400 g/mol. The molecule has 148 valence electrons. The molecule has 2 aromatic heterocycles. The van der Waals surface area contributed by atoms with Crippen molar-refractivity contribution in [2.75, 3.05) is 12.4 Å². The molecule has 6 nitrogen and oxygen atoms in total. The maximum absolute atomic E-state index is 12.5. The lowest BCUT2D eigenvalue weighted by molar-refractivity contribution is -0.586. The van der Waals surface area contributed by atoms with Crippen LogP contribution >= 0.6 is 0 Å². The molecule has 1 aliphatic carbocycles. The van der Waals surface area contributed by atoms with Gasteiger partial charge in [0.1, 0.15) is 11.4 Å². The lowest BCUT2D eigenvalue weighted by Crippen LogP contribution is -2.31. The molecule has 0 aliphatic heterocycles. The molecule has 0 radical (unpaired) electrons. The van der Waals surface area contributed by atoms with E-state index in [1.165, 1.54) is 0 Å². The Balaban J connectivity index is 1.91. The van der Waals surface area contributed by atoms with Gasteiger partial charge in [-0.25, -0.2) is 18.1 Å². The van der Waals surface area contributed by atoms with E-state index in [0.29, 0.717) is 29.3 Å². The van der Waals surface area contributed by atoms with Crippen LogP contribution in [0.4, 0.5) is 0 Å². The minimum absolute atomic E-state index is 0.0264. The van der Waals surface area contributed by atoms with Gasteiger partial charge >= 0.3 is 0 Å². The van der Waals surface area contributed by atoms with Crippen LogP contribution in [0.2, 0.25) is 0 Å². The minimum atomic E-state index is -3.36. The van der Waals surface area contributed by atoms with Gasteiger partial charge in [-0.15, -0.1) is 0 Å². The molecule has 4 rings (SSSR count). The van der Waals surface area contributed by atoms with E-state index in [0.717, 1.165) is 28.5 Å². The normalized spacial score (nSPS) is 15.7. The number of rotatable bonds is 6. The first-order valence-electron chi connectivity index (χ1n) is 9.44. The number of hydrogen-bond acceptors (Lipinski definition) is 4. The predicted molar refractivity (Wildman–Crippen MR) is 108 cm³/mol. The van der Waals surface area contributed by atoms with E-state index in [2.05, 4.69) is 11.9 Å². The summed E-state index contributed by atoms with van der Waals surface area (Å²) in [6, 6.07) is 8.61. The van der Waals surface area contributed by atoms with Gasteiger partial charge in [0.15, 0.2) is 9.84 Å². The quantitative estimate of drug-likeness (QED) is 0.504. The zero-order chi connectivity index (χ0) is 20.1. The maximum Gasteiger partial charge on any atom is 0.290 e. The molecule has 1 aromatic carbocycles. The van der Waals surface area contributed by atoms with Crippen LogP contribution < -0.4 is 9.47 Å². The van der Waals surface area contributed by atoms with E-state index in [1.54, 1.807) is 44.3 Å². The van der Waals surface area contributed by atoms with Gasteiger partial charge in [0.05, 0.1) is 28.8 Å². The Bertz CT molecular complexity index is 1160. The fourth-order valence-corrected chi connectivity index (χ4v) is 4.21. The Morgan fingerprint density at radius 3 is 2.64 bits per heavy atom. The maximum atomic E-state index is 12.5. The highest BCUT2D eigenvalue weighted by atomic mass is 32.2.